The summed E-state index contributed by atoms with van der Waals surface area (Å²) in [6, 6.07) is 0. The lowest BCUT2D eigenvalue weighted by Crippen LogP contribution is -2.52. The Morgan fingerprint density at radius 3 is 2.38 bits per heavy atom. The van der Waals surface area contributed by atoms with Gasteiger partial charge in [-0.05, 0) is 20.8 Å². The summed E-state index contributed by atoms with van der Waals surface area (Å²) in [7, 11) is 0. The van der Waals surface area contributed by atoms with E-state index in [-0.39, 0.29) is 42.0 Å². The van der Waals surface area contributed by atoms with Gasteiger partial charge >= 0.3 is 5.97 Å². The molecular weight excluding hydrogens is 383 g/mol. The first-order chi connectivity index (χ1) is 9.59. The lowest BCUT2D eigenvalue weighted by Gasteiger charge is -2.44. The lowest BCUT2D eigenvalue weighted by atomic mass is 9.79. The van der Waals surface area contributed by atoms with E-state index in [0.717, 1.165) is 4.43 Å². The maximum atomic E-state index is 11.9. The number of ether oxygens (including phenoxy) is 2. The van der Waals surface area contributed by atoms with Crippen LogP contribution in [0.1, 0.15) is 41.5 Å². The Hall–Kier alpha value is 0.120. The van der Waals surface area contributed by atoms with Crippen molar-refractivity contribution in [3.63, 3.8) is 0 Å². The highest BCUT2D eigenvalue weighted by atomic mass is 127. The third-order valence-corrected chi connectivity index (χ3v) is 5.18. The standard InChI is InChI=1S/C16H29IO4/c1-9(8-20-15(19)16(4,5)6)14-11(3)13(18)10(2)12(7-17)21-14/h9-14,18H,7-8H2,1-6H3/t9-,10-,11+,12+,13-,14-/m1/s1. The molecular formula is C16H29IO4. The number of aliphatic hydroxyl groups is 1. The van der Waals surface area contributed by atoms with Crippen LogP contribution in [0.4, 0.5) is 0 Å². The van der Waals surface area contributed by atoms with E-state index in [2.05, 4.69) is 22.6 Å². The topological polar surface area (TPSA) is 55.8 Å². The molecule has 124 valence electrons. The third kappa shape index (κ3) is 4.79. The fourth-order valence-corrected chi connectivity index (χ4v) is 3.70. The first-order valence-corrected chi connectivity index (χ1v) is 9.18. The van der Waals surface area contributed by atoms with Crippen LogP contribution >= 0.6 is 22.6 Å². The molecule has 0 aromatic rings. The van der Waals surface area contributed by atoms with Gasteiger partial charge in [-0.25, -0.2) is 0 Å². The summed E-state index contributed by atoms with van der Waals surface area (Å²) in [5, 5.41) is 10.4. The number of hydrogen-bond donors (Lipinski definition) is 1. The van der Waals surface area contributed by atoms with Gasteiger partial charge in [0.15, 0.2) is 0 Å². The second-order valence-electron chi connectivity index (χ2n) is 7.33. The van der Waals surface area contributed by atoms with E-state index in [9.17, 15) is 9.90 Å². The average Bonchev–Trinajstić information content (AvgIpc) is 2.41. The Kier molecular flexibility index (Phi) is 6.93. The number of rotatable bonds is 4. The highest BCUT2D eigenvalue weighted by molar-refractivity contribution is 14.1. The summed E-state index contributed by atoms with van der Waals surface area (Å²) < 4.78 is 12.4. The minimum absolute atomic E-state index is 0.0440. The highest BCUT2D eigenvalue weighted by Gasteiger charge is 2.42. The molecule has 0 aliphatic carbocycles. The quantitative estimate of drug-likeness (QED) is 0.438. The number of carbonyl (C=O) groups is 1. The fourth-order valence-electron chi connectivity index (χ4n) is 2.69. The van der Waals surface area contributed by atoms with Gasteiger partial charge in [-0.3, -0.25) is 4.79 Å². The maximum absolute atomic E-state index is 11.9. The van der Waals surface area contributed by atoms with Gasteiger partial charge in [0.05, 0.1) is 30.3 Å². The van der Waals surface area contributed by atoms with Crippen molar-refractivity contribution < 1.29 is 19.4 Å². The van der Waals surface area contributed by atoms with Crippen molar-refractivity contribution in [3.05, 3.63) is 0 Å². The summed E-state index contributed by atoms with van der Waals surface area (Å²) >= 11 is 2.29. The van der Waals surface area contributed by atoms with Gasteiger partial charge in [0.1, 0.15) is 0 Å². The molecule has 6 atom stereocenters. The number of halogens is 1. The molecule has 0 aromatic carbocycles. The fraction of sp³-hybridized carbons (Fsp3) is 0.938. The molecule has 1 N–H and O–H groups in total. The molecule has 1 heterocycles. The number of carbonyl (C=O) groups excluding carboxylic acids is 1. The maximum Gasteiger partial charge on any atom is 0.311 e. The Morgan fingerprint density at radius 2 is 1.90 bits per heavy atom. The van der Waals surface area contributed by atoms with E-state index in [1.54, 1.807) is 0 Å². The number of aliphatic hydroxyl groups excluding tert-OH is 1. The van der Waals surface area contributed by atoms with Crippen LogP contribution in [0, 0.1) is 23.2 Å². The first-order valence-electron chi connectivity index (χ1n) is 7.66. The van der Waals surface area contributed by atoms with E-state index in [1.807, 2.05) is 41.5 Å². The predicted molar refractivity (Wildman–Crippen MR) is 91.5 cm³/mol. The Bertz CT molecular complexity index is 351. The summed E-state index contributed by atoms with van der Waals surface area (Å²) in [6.07, 6.45) is -0.393. The molecule has 0 bridgehead atoms. The molecule has 21 heavy (non-hydrogen) atoms. The molecule has 1 fully saturated rings. The summed E-state index contributed by atoms with van der Waals surface area (Å²) in [6.45, 7) is 11.9. The van der Waals surface area contributed by atoms with E-state index >= 15 is 0 Å². The van der Waals surface area contributed by atoms with Crippen molar-refractivity contribution in [2.45, 2.75) is 59.9 Å². The highest BCUT2D eigenvalue weighted by Crippen LogP contribution is 2.34. The SMILES string of the molecule is C[C@H]1[C@H](O)[C@H](C)[C@H](CI)O[C@@H]1[C@H](C)COC(=O)C(C)(C)C. The van der Waals surface area contributed by atoms with Crippen LogP contribution in [0.5, 0.6) is 0 Å². The largest absolute Gasteiger partial charge is 0.465 e. The normalized spacial score (nSPS) is 35.3. The molecule has 0 aromatic heterocycles. The van der Waals surface area contributed by atoms with Gasteiger partial charge in [0.2, 0.25) is 0 Å². The van der Waals surface area contributed by atoms with E-state index in [0.29, 0.717) is 6.61 Å². The molecule has 1 saturated heterocycles. The van der Waals surface area contributed by atoms with Crippen molar-refractivity contribution in [2.24, 2.45) is 23.2 Å². The zero-order valence-electron chi connectivity index (χ0n) is 13.9. The molecule has 0 saturated carbocycles. The zero-order valence-corrected chi connectivity index (χ0v) is 16.1. The van der Waals surface area contributed by atoms with Gasteiger partial charge < -0.3 is 14.6 Å². The summed E-state index contributed by atoms with van der Waals surface area (Å²) in [5.74, 6) is 0.0519. The van der Waals surface area contributed by atoms with Crippen molar-refractivity contribution in [1.82, 2.24) is 0 Å². The minimum Gasteiger partial charge on any atom is -0.465 e. The molecule has 1 rings (SSSR count). The molecule has 0 unspecified atom stereocenters. The summed E-state index contributed by atoms with van der Waals surface area (Å²) in [5.41, 5.74) is -0.489. The smallest absolute Gasteiger partial charge is 0.311 e. The van der Waals surface area contributed by atoms with E-state index < -0.39 is 5.41 Å². The molecule has 1 aliphatic heterocycles. The molecule has 5 heteroatoms. The second kappa shape index (κ2) is 7.59. The third-order valence-electron chi connectivity index (χ3n) is 4.32. The number of esters is 1. The van der Waals surface area contributed by atoms with Crippen molar-refractivity contribution in [1.29, 1.82) is 0 Å². The van der Waals surface area contributed by atoms with Gasteiger partial charge in [0.25, 0.3) is 0 Å². The summed E-state index contributed by atoms with van der Waals surface area (Å²) in [4.78, 5) is 11.9. The van der Waals surface area contributed by atoms with Crippen LogP contribution in [0.2, 0.25) is 0 Å². The van der Waals surface area contributed by atoms with Gasteiger partial charge in [-0.1, -0.05) is 43.4 Å². The van der Waals surface area contributed by atoms with Crippen LogP contribution in [-0.4, -0.2) is 40.4 Å². The molecule has 0 radical (unpaired) electrons. The molecule has 0 amide bonds. The lowest BCUT2D eigenvalue weighted by molar-refractivity contribution is -0.180. The Morgan fingerprint density at radius 1 is 1.33 bits per heavy atom. The molecule has 4 nitrogen and oxygen atoms in total. The number of hydrogen-bond acceptors (Lipinski definition) is 4. The van der Waals surface area contributed by atoms with Crippen molar-refractivity contribution >= 4 is 28.6 Å². The van der Waals surface area contributed by atoms with Gasteiger partial charge in [0, 0.05) is 22.2 Å². The molecule has 1 aliphatic rings. The monoisotopic (exact) mass is 412 g/mol. The van der Waals surface area contributed by atoms with Crippen LogP contribution in [0.25, 0.3) is 0 Å². The van der Waals surface area contributed by atoms with E-state index in [1.165, 1.54) is 0 Å². The molecule has 0 spiro atoms. The Labute approximate surface area is 142 Å². The average molecular weight is 412 g/mol. The Balaban J connectivity index is 2.64. The van der Waals surface area contributed by atoms with Crippen molar-refractivity contribution in [3.8, 4) is 0 Å². The minimum atomic E-state index is -0.489. The van der Waals surface area contributed by atoms with Crippen LogP contribution in [-0.2, 0) is 14.3 Å². The van der Waals surface area contributed by atoms with Gasteiger partial charge in [-0.2, -0.15) is 0 Å². The first kappa shape index (κ1) is 19.2. The van der Waals surface area contributed by atoms with Crippen LogP contribution in [0.15, 0.2) is 0 Å². The number of alkyl halides is 1. The zero-order chi connectivity index (χ0) is 16.4. The predicted octanol–water partition coefficient (Wildman–Crippen LogP) is 3.05. The second-order valence-corrected chi connectivity index (χ2v) is 8.21. The van der Waals surface area contributed by atoms with Crippen LogP contribution < -0.4 is 0 Å². The van der Waals surface area contributed by atoms with Crippen molar-refractivity contribution in [2.75, 3.05) is 11.0 Å². The van der Waals surface area contributed by atoms with Gasteiger partial charge in [-0.15, -0.1) is 0 Å². The van der Waals surface area contributed by atoms with E-state index in [4.69, 9.17) is 9.47 Å². The van der Waals surface area contributed by atoms with Crippen LogP contribution in [0.3, 0.4) is 0 Å².